The minimum atomic E-state index is -4.30. The van der Waals surface area contributed by atoms with Crippen LogP contribution in [-0.4, -0.2) is 25.2 Å². The Bertz CT molecular complexity index is 1120. The lowest BCUT2D eigenvalue weighted by molar-refractivity contribution is -0.116. The normalized spacial score (nSPS) is 11.6. The smallest absolute Gasteiger partial charge is 0.246 e. The zero-order valence-electron chi connectivity index (χ0n) is 15.4. The Hall–Kier alpha value is -2.68. The molecule has 3 aromatic rings. The van der Waals surface area contributed by atoms with Crippen LogP contribution in [0, 0.1) is 12.7 Å². The highest BCUT2D eigenvalue weighted by Gasteiger charge is 2.30. The van der Waals surface area contributed by atoms with Crippen LogP contribution in [0.4, 0.5) is 10.1 Å². The van der Waals surface area contributed by atoms with Crippen LogP contribution in [0.1, 0.15) is 11.3 Å². The average Bonchev–Trinajstić information content (AvgIpc) is 3.17. The molecule has 0 saturated heterocycles. The van der Waals surface area contributed by atoms with Crippen molar-refractivity contribution < 1.29 is 22.0 Å². The van der Waals surface area contributed by atoms with E-state index < -0.39 is 33.2 Å². The first-order valence-electron chi connectivity index (χ1n) is 8.60. The monoisotopic (exact) mass is 436 g/mol. The third kappa shape index (κ3) is 5.03. The Morgan fingerprint density at radius 2 is 1.93 bits per heavy atom. The number of hydrogen-bond acceptors (Lipinski definition) is 4. The molecular weight excluding hydrogens is 419 g/mol. The molecule has 0 fully saturated rings. The summed E-state index contributed by atoms with van der Waals surface area (Å²) in [6, 6.07) is 13.1. The van der Waals surface area contributed by atoms with Crippen LogP contribution in [0.25, 0.3) is 0 Å². The highest BCUT2D eigenvalue weighted by Crippen LogP contribution is 2.23. The second kappa shape index (κ2) is 8.77. The van der Waals surface area contributed by atoms with Crippen LogP contribution in [-0.2, 0) is 21.4 Å². The SMILES string of the molecule is Cc1ccc(Cl)cc1NC(=O)CN(Cc1ccco1)S(=O)(=O)c1ccccc1F. The molecule has 2 aromatic carbocycles. The summed E-state index contributed by atoms with van der Waals surface area (Å²) in [7, 11) is -4.30. The molecule has 0 saturated carbocycles. The number of carbonyl (C=O) groups excluding carboxylic acids is 1. The Morgan fingerprint density at radius 3 is 2.62 bits per heavy atom. The summed E-state index contributed by atoms with van der Waals surface area (Å²) in [4.78, 5) is 12.1. The van der Waals surface area contributed by atoms with Gasteiger partial charge < -0.3 is 9.73 Å². The van der Waals surface area contributed by atoms with Crippen molar-refractivity contribution in [2.24, 2.45) is 0 Å². The van der Waals surface area contributed by atoms with Crippen molar-refractivity contribution >= 4 is 33.2 Å². The van der Waals surface area contributed by atoms with E-state index in [1.165, 1.54) is 18.4 Å². The predicted molar refractivity (Wildman–Crippen MR) is 108 cm³/mol. The Labute approximate surface area is 173 Å². The molecule has 0 unspecified atom stereocenters. The molecule has 3 rings (SSSR count). The fourth-order valence-corrected chi connectivity index (χ4v) is 4.27. The molecular formula is C20H18ClFN2O4S. The topological polar surface area (TPSA) is 79.6 Å². The number of aryl methyl sites for hydroxylation is 1. The van der Waals surface area contributed by atoms with Gasteiger partial charge in [-0.25, -0.2) is 12.8 Å². The van der Waals surface area contributed by atoms with E-state index in [4.69, 9.17) is 16.0 Å². The van der Waals surface area contributed by atoms with E-state index in [2.05, 4.69) is 5.32 Å². The number of rotatable bonds is 7. The van der Waals surface area contributed by atoms with Gasteiger partial charge in [0, 0.05) is 10.7 Å². The Balaban J connectivity index is 1.88. The molecule has 0 aliphatic rings. The molecule has 1 aromatic heterocycles. The van der Waals surface area contributed by atoms with E-state index in [1.807, 2.05) is 0 Å². The fraction of sp³-hybridized carbons (Fsp3) is 0.150. The van der Waals surface area contributed by atoms with Crippen LogP contribution in [0.5, 0.6) is 0 Å². The number of halogens is 2. The average molecular weight is 437 g/mol. The van der Waals surface area contributed by atoms with Gasteiger partial charge in [0.25, 0.3) is 0 Å². The van der Waals surface area contributed by atoms with Gasteiger partial charge in [-0.2, -0.15) is 4.31 Å². The third-order valence-electron chi connectivity index (χ3n) is 4.16. The minimum Gasteiger partial charge on any atom is -0.468 e. The summed E-state index contributed by atoms with van der Waals surface area (Å²) in [5, 5.41) is 3.07. The number of amides is 1. The third-order valence-corrected chi connectivity index (χ3v) is 6.22. The van der Waals surface area contributed by atoms with Crippen LogP contribution in [0.3, 0.4) is 0 Å². The number of nitrogens with one attached hydrogen (secondary N) is 1. The van der Waals surface area contributed by atoms with Gasteiger partial charge in [-0.15, -0.1) is 0 Å². The number of benzene rings is 2. The summed E-state index contributed by atoms with van der Waals surface area (Å²) >= 11 is 5.96. The summed E-state index contributed by atoms with van der Waals surface area (Å²) in [6.45, 7) is 1.01. The first kappa shape index (κ1) is 21.0. The maximum absolute atomic E-state index is 14.2. The molecule has 9 heteroatoms. The van der Waals surface area contributed by atoms with Gasteiger partial charge in [0.15, 0.2) is 0 Å². The summed E-state index contributed by atoms with van der Waals surface area (Å²) in [5.41, 5.74) is 1.22. The number of anilines is 1. The highest BCUT2D eigenvalue weighted by molar-refractivity contribution is 7.89. The van der Waals surface area contributed by atoms with Gasteiger partial charge in [0.05, 0.1) is 19.4 Å². The lowest BCUT2D eigenvalue weighted by Crippen LogP contribution is -2.38. The molecule has 0 bridgehead atoms. The molecule has 152 valence electrons. The van der Waals surface area contributed by atoms with Crippen molar-refractivity contribution in [2.75, 3.05) is 11.9 Å². The van der Waals surface area contributed by atoms with Crippen molar-refractivity contribution in [1.29, 1.82) is 0 Å². The number of hydrogen-bond donors (Lipinski definition) is 1. The van der Waals surface area contributed by atoms with Crippen LogP contribution >= 0.6 is 11.6 Å². The summed E-state index contributed by atoms with van der Waals surface area (Å²) < 4.78 is 46.3. The molecule has 1 N–H and O–H groups in total. The second-order valence-corrected chi connectivity index (χ2v) is 8.63. The molecule has 6 nitrogen and oxygen atoms in total. The molecule has 0 radical (unpaired) electrons. The zero-order chi connectivity index (χ0) is 21.0. The van der Waals surface area contributed by atoms with Crippen LogP contribution < -0.4 is 5.32 Å². The van der Waals surface area contributed by atoms with E-state index >= 15 is 0 Å². The van der Waals surface area contributed by atoms with Gasteiger partial charge in [-0.3, -0.25) is 4.79 Å². The van der Waals surface area contributed by atoms with Gasteiger partial charge in [0.1, 0.15) is 16.5 Å². The van der Waals surface area contributed by atoms with E-state index in [9.17, 15) is 17.6 Å². The van der Waals surface area contributed by atoms with E-state index in [-0.39, 0.29) is 6.54 Å². The molecule has 29 heavy (non-hydrogen) atoms. The second-order valence-electron chi connectivity index (χ2n) is 6.29. The van der Waals surface area contributed by atoms with Gasteiger partial charge in [0.2, 0.25) is 15.9 Å². The molecule has 1 amide bonds. The number of sulfonamides is 1. The standard InChI is InChI=1S/C20H18ClFN2O4S/c1-14-8-9-15(21)11-18(14)23-20(25)13-24(12-16-5-4-10-28-16)29(26,27)19-7-3-2-6-17(19)22/h2-11H,12-13H2,1H3,(H,23,25). The maximum atomic E-state index is 14.2. The molecule has 0 atom stereocenters. The number of carbonyl (C=O) groups is 1. The zero-order valence-corrected chi connectivity index (χ0v) is 17.0. The molecule has 0 aliphatic carbocycles. The lowest BCUT2D eigenvalue weighted by atomic mass is 10.2. The highest BCUT2D eigenvalue weighted by atomic mass is 35.5. The summed E-state index contributed by atoms with van der Waals surface area (Å²) in [6.07, 6.45) is 1.39. The van der Waals surface area contributed by atoms with Crippen molar-refractivity contribution in [3.63, 3.8) is 0 Å². The number of nitrogens with zero attached hydrogens (tertiary/aromatic N) is 1. The largest absolute Gasteiger partial charge is 0.468 e. The first-order chi connectivity index (χ1) is 13.8. The van der Waals surface area contributed by atoms with Gasteiger partial charge in [-0.1, -0.05) is 29.8 Å². The lowest BCUT2D eigenvalue weighted by Gasteiger charge is -2.21. The van der Waals surface area contributed by atoms with Crippen molar-refractivity contribution in [2.45, 2.75) is 18.4 Å². The van der Waals surface area contributed by atoms with Crippen molar-refractivity contribution in [3.8, 4) is 0 Å². The van der Waals surface area contributed by atoms with Gasteiger partial charge >= 0.3 is 0 Å². The summed E-state index contributed by atoms with van der Waals surface area (Å²) in [5.74, 6) is -1.18. The van der Waals surface area contributed by atoms with Gasteiger partial charge in [-0.05, 0) is 48.9 Å². The minimum absolute atomic E-state index is 0.231. The van der Waals surface area contributed by atoms with Crippen molar-refractivity contribution in [1.82, 2.24) is 4.31 Å². The quantitative estimate of drug-likeness (QED) is 0.601. The van der Waals surface area contributed by atoms with E-state index in [0.717, 1.165) is 22.0 Å². The molecule has 1 heterocycles. The van der Waals surface area contributed by atoms with Crippen LogP contribution in [0.15, 0.2) is 70.2 Å². The Kier molecular flexibility index (Phi) is 6.36. The molecule has 0 spiro atoms. The first-order valence-corrected chi connectivity index (χ1v) is 10.4. The fourth-order valence-electron chi connectivity index (χ4n) is 2.67. The van der Waals surface area contributed by atoms with E-state index in [0.29, 0.717) is 16.5 Å². The van der Waals surface area contributed by atoms with Crippen molar-refractivity contribution in [3.05, 3.63) is 83.0 Å². The number of furan rings is 1. The molecule has 0 aliphatic heterocycles. The Morgan fingerprint density at radius 1 is 1.17 bits per heavy atom. The van der Waals surface area contributed by atoms with Crippen LogP contribution in [0.2, 0.25) is 5.02 Å². The van der Waals surface area contributed by atoms with E-state index in [1.54, 1.807) is 37.3 Å². The predicted octanol–water partition coefficient (Wildman–Crippen LogP) is 4.21. The maximum Gasteiger partial charge on any atom is 0.246 e.